The number of hydrogen-bond donors (Lipinski definition) is 1. The van der Waals surface area contributed by atoms with Crippen LogP contribution in [0.5, 0.6) is 0 Å². The first kappa shape index (κ1) is 15.9. The van der Waals surface area contributed by atoms with Crippen molar-refractivity contribution in [2.24, 2.45) is 0 Å². The molecule has 3 aromatic rings. The minimum atomic E-state index is -3.93. The van der Waals surface area contributed by atoms with Crippen molar-refractivity contribution in [2.45, 2.75) is 16.8 Å². The third-order valence-electron chi connectivity index (χ3n) is 3.52. The summed E-state index contributed by atoms with van der Waals surface area (Å²) in [5, 5.41) is 8.99. The molecule has 0 atom stereocenters. The van der Waals surface area contributed by atoms with Gasteiger partial charge in [-0.05, 0) is 25.1 Å². The minimum Gasteiger partial charge on any atom is -0.478 e. The maximum atomic E-state index is 12.8. The zero-order valence-corrected chi connectivity index (χ0v) is 13.4. The van der Waals surface area contributed by atoms with Crippen LogP contribution in [-0.2, 0) is 9.84 Å². The molecule has 0 radical (unpaired) electrons. The van der Waals surface area contributed by atoms with Crippen LogP contribution in [0.4, 0.5) is 0 Å². The lowest BCUT2D eigenvalue weighted by Crippen LogP contribution is -2.06. The van der Waals surface area contributed by atoms with E-state index in [0.717, 1.165) is 12.0 Å². The fraction of sp³-hybridized carbons (Fsp3) is 0.0588. The molecule has 0 fully saturated rings. The SMILES string of the molecule is Cc1ccc(S(=O)(=O)c2ncoc2-c2ccccc2C(=O)O)cc1. The summed E-state index contributed by atoms with van der Waals surface area (Å²) in [4.78, 5) is 15.3. The van der Waals surface area contributed by atoms with E-state index < -0.39 is 15.8 Å². The van der Waals surface area contributed by atoms with Crippen LogP contribution in [0.15, 0.2) is 69.3 Å². The third kappa shape index (κ3) is 2.69. The van der Waals surface area contributed by atoms with E-state index in [4.69, 9.17) is 4.42 Å². The number of carboxylic acids is 1. The quantitative estimate of drug-likeness (QED) is 0.781. The van der Waals surface area contributed by atoms with E-state index in [1.54, 1.807) is 24.3 Å². The predicted molar refractivity (Wildman–Crippen MR) is 85.5 cm³/mol. The number of aryl methyl sites for hydroxylation is 1. The number of aromatic carboxylic acids is 1. The van der Waals surface area contributed by atoms with Crippen LogP contribution >= 0.6 is 0 Å². The minimum absolute atomic E-state index is 0.0605. The second kappa shape index (κ2) is 5.93. The van der Waals surface area contributed by atoms with E-state index in [9.17, 15) is 18.3 Å². The lowest BCUT2D eigenvalue weighted by atomic mass is 10.1. The zero-order valence-electron chi connectivity index (χ0n) is 12.6. The topological polar surface area (TPSA) is 97.5 Å². The first-order valence-corrected chi connectivity index (χ1v) is 8.47. The van der Waals surface area contributed by atoms with Crippen molar-refractivity contribution in [3.63, 3.8) is 0 Å². The Kier molecular flexibility index (Phi) is 3.94. The highest BCUT2D eigenvalue weighted by Gasteiger charge is 2.28. The average Bonchev–Trinajstić information content (AvgIpc) is 3.05. The van der Waals surface area contributed by atoms with Gasteiger partial charge in [0.15, 0.2) is 12.2 Å². The van der Waals surface area contributed by atoms with Crippen molar-refractivity contribution in [1.82, 2.24) is 4.98 Å². The smallest absolute Gasteiger partial charge is 0.336 e. The summed E-state index contributed by atoms with van der Waals surface area (Å²) in [6.07, 6.45) is 0.995. The predicted octanol–water partition coefficient (Wildman–Crippen LogP) is 3.18. The fourth-order valence-electron chi connectivity index (χ4n) is 2.30. The van der Waals surface area contributed by atoms with Crippen molar-refractivity contribution in [3.05, 3.63) is 66.1 Å². The number of hydrogen-bond acceptors (Lipinski definition) is 5. The van der Waals surface area contributed by atoms with Gasteiger partial charge in [-0.1, -0.05) is 35.9 Å². The monoisotopic (exact) mass is 343 g/mol. The molecule has 0 spiro atoms. The molecule has 0 aliphatic rings. The van der Waals surface area contributed by atoms with Crippen molar-refractivity contribution < 1.29 is 22.7 Å². The van der Waals surface area contributed by atoms with Crippen molar-refractivity contribution >= 4 is 15.8 Å². The van der Waals surface area contributed by atoms with Gasteiger partial charge in [0.2, 0.25) is 14.9 Å². The molecule has 122 valence electrons. The van der Waals surface area contributed by atoms with Gasteiger partial charge in [-0.2, -0.15) is 0 Å². The Balaban J connectivity index is 2.19. The second-order valence-electron chi connectivity index (χ2n) is 5.15. The summed E-state index contributed by atoms with van der Waals surface area (Å²) in [5.74, 6) is -1.27. The molecule has 0 unspecified atom stereocenters. The maximum Gasteiger partial charge on any atom is 0.336 e. The van der Waals surface area contributed by atoms with Gasteiger partial charge in [0.1, 0.15) is 0 Å². The van der Waals surface area contributed by atoms with Crippen LogP contribution in [0.25, 0.3) is 11.3 Å². The summed E-state index contributed by atoms with van der Waals surface area (Å²) in [5.41, 5.74) is 1.02. The summed E-state index contributed by atoms with van der Waals surface area (Å²) < 4.78 is 30.8. The van der Waals surface area contributed by atoms with Crippen molar-refractivity contribution in [2.75, 3.05) is 0 Å². The Morgan fingerprint density at radius 2 is 1.75 bits per heavy atom. The Morgan fingerprint density at radius 1 is 1.08 bits per heavy atom. The summed E-state index contributed by atoms with van der Waals surface area (Å²) in [6.45, 7) is 1.85. The summed E-state index contributed by atoms with van der Waals surface area (Å²) in [6, 6.07) is 12.3. The number of oxazole rings is 1. The molecule has 0 aliphatic heterocycles. The van der Waals surface area contributed by atoms with Gasteiger partial charge in [0.05, 0.1) is 10.5 Å². The van der Waals surface area contributed by atoms with Crippen LogP contribution < -0.4 is 0 Å². The van der Waals surface area contributed by atoms with Crippen LogP contribution in [0.2, 0.25) is 0 Å². The van der Waals surface area contributed by atoms with Crippen LogP contribution in [0.1, 0.15) is 15.9 Å². The lowest BCUT2D eigenvalue weighted by Gasteiger charge is -2.06. The van der Waals surface area contributed by atoms with E-state index in [2.05, 4.69) is 4.98 Å². The average molecular weight is 343 g/mol. The van der Waals surface area contributed by atoms with E-state index in [1.807, 2.05) is 6.92 Å². The summed E-state index contributed by atoms with van der Waals surface area (Å²) in [7, 11) is -3.93. The number of carboxylic acid groups (broad SMARTS) is 1. The molecule has 24 heavy (non-hydrogen) atoms. The molecule has 1 aromatic heterocycles. The van der Waals surface area contributed by atoms with Gasteiger partial charge in [0.25, 0.3) is 0 Å². The second-order valence-corrected chi connectivity index (χ2v) is 7.02. The lowest BCUT2D eigenvalue weighted by molar-refractivity contribution is 0.0697. The third-order valence-corrected chi connectivity index (χ3v) is 5.22. The molecule has 2 aromatic carbocycles. The first-order chi connectivity index (χ1) is 11.4. The molecule has 6 nitrogen and oxygen atoms in total. The molecule has 0 saturated carbocycles. The van der Waals surface area contributed by atoms with Crippen molar-refractivity contribution in [1.29, 1.82) is 0 Å². The summed E-state index contributed by atoms with van der Waals surface area (Å²) >= 11 is 0. The Morgan fingerprint density at radius 3 is 2.42 bits per heavy atom. The number of sulfone groups is 1. The molecule has 7 heteroatoms. The maximum absolute atomic E-state index is 12.8. The number of nitrogens with zero attached hydrogens (tertiary/aromatic N) is 1. The Hall–Kier alpha value is -2.93. The molecule has 1 N–H and O–H groups in total. The van der Waals surface area contributed by atoms with Crippen LogP contribution in [0, 0.1) is 6.92 Å². The molecule has 0 bridgehead atoms. The Bertz CT molecular complexity index is 1000. The highest BCUT2D eigenvalue weighted by Crippen LogP contribution is 2.32. The molecule has 0 saturated heterocycles. The highest BCUT2D eigenvalue weighted by atomic mass is 32.2. The van der Waals surface area contributed by atoms with Crippen LogP contribution in [-0.4, -0.2) is 24.5 Å². The van der Waals surface area contributed by atoms with Gasteiger partial charge in [0, 0.05) is 5.56 Å². The van der Waals surface area contributed by atoms with Gasteiger partial charge in [-0.25, -0.2) is 18.2 Å². The van der Waals surface area contributed by atoms with Gasteiger partial charge >= 0.3 is 5.97 Å². The number of benzene rings is 2. The normalized spacial score (nSPS) is 11.4. The largest absolute Gasteiger partial charge is 0.478 e. The molecule has 0 amide bonds. The molecule has 3 rings (SSSR count). The van der Waals surface area contributed by atoms with Crippen molar-refractivity contribution in [3.8, 4) is 11.3 Å². The highest BCUT2D eigenvalue weighted by molar-refractivity contribution is 7.91. The van der Waals surface area contributed by atoms with E-state index in [0.29, 0.717) is 0 Å². The molecular formula is C17H13NO5S. The first-order valence-electron chi connectivity index (χ1n) is 6.99. The van der Waals surface area contributed by atoms with Crippen LogP contribution in [0.3, 0.4) is 0 Å². The molecule has 0 aliphatic carbocycles. The fourth-order valence-corrected chi connectivity index (χ4v) is 3.60. The number of aromatic nitrogens is 1. The van der Waals surface area contributed by atoms with Gasteiger partial charge in [-0.15, -0.1) is 0 Å². The standard InChI is InChI=1S/C17H13NO5S/c1-11-6-8-12(9-7-11)24(21,22)16-15(23-10-18-16)13-4-2-3-5-14(13)17(19)20/h2-10H,1H3,(H,19,20). The van der Waals surface area contributed by atoms with E-state index >= 15 is 0 Å². The van der Waals surface area contributed by atoms with E-state index in [-0.39, 0.29) is 26.8 Å². The van der Waals surface area contributed by atoms with Gasteiger partial charge in [-0.3, -0.25) is 0 Å². The zero-order chi connectivity index (χ0) is 17.3. The van der Waals surface area contributed by atoms with E-state index in [1.165, 1.54) is 24.3 Å². The number of rotatable bonds is 4. The Labute approximate surface area is 138 Å². The number of carbonyl (C=O) groups is 1. The molecule has 1 heterocycles. The van der Waals surface area contributed by atoms with Gasteiger partial charge < -0.3 is 9.52 Å². The molecular weight excluding hydrogens is 330 g/mol.